The summed E-state index contributed by atoms with van der Waals surface area (Å²) in [4.78, 5) is 34.3. The van der Waals surface area contributed by atoms with Crippen molar-refractivity contribution >= 4 is 17.5 Å². The maximum absolute atomic E-state index is 12.4. The van der Waals surface area contributed by atoms with Crippen molar-refractivity contribution in [3.05, 3.63) is 54.1 Å². The van der Waals surface area contributed by atoms with Crippen LogP contribution in [0, 0.1) is 0 Å². The van der Waals surface area contributed by atoms with Gasteiger partial charge in [-0.2, -0.15) is 0 Å². The Hall–Kier alpha value is -2.76. The first-order valence-electron chi connectivity index (χ1n) is 7.64. The zero-order valence-electron chi connectivity index (χ0n) is 12.9. The molecule has 1 aliphatic rings. The van der Waals surface area contributed by atoms with E-state index in [2.05, 4.69) is 15.3 Å². The van der Waals surface area contributed by atoms with Gasteiger partial charge in [0.05, 0.1) is 17.3 Å². The summed E-state index contributed by atoms with van der Waals surface area (Å²) in [7, 11) is 0. The van der Waals surface area contributed by atoms with Crippen molar-refractivity contribution in [3.8, 4) is 0 Å². The second kappa shape index (κ2) is 6.56. The van der Waals surface area contributed by atoms with Crippen LogP contribution in [-0.4, -0.2) is 34.4 Å². The van der Waals surface area contributed by atoms with E-state index >= 15 is 0 Å². The van der Waals surface area contributed by atoms with Crippen LogP contribution in [0.4, 0.5) is 5.69 Å². The molecule has 23 heavy (non-hydrogen) atoms. The second-order valence-electron chi connectivity index (χ2n) is 5.45. The molecule has 6 nitrogen and oxygen atoms in total. The highest BCUT2D eigenvalue weighted by molar-refractivity contribution is 5.99. The lowest BCUT2D eigenvalue weighted by Gasteiger charge is -2.17. The summed E-state index contributed by atoms with van der Waals surface area (Å²) in [6.07, 6.45) is 3.92. The topological polar surface area (TPSA) is 75.2 Å². The molecule has 1 aromatic heterocycles. The number of para-hydroxylation sites is 1. The van der Waals surface area contributed by atoms with Crippen molar-refractivity contribution in [2.75, 3.05) is 11.4 Å². The number of carbonyl (C=O) groups is 2. The number of hydrogen-bond donors (Lipinski definition) is 1. The van der Waals surface area contributed by atoms with Crippen molar-refractivity contribution in [1.29, 1.82) is 0 Å². The Bertz CT molecular complexity index is 718. The Balaban J connectivity index is 1.70. The molecule has 0 aliphatic carbocycles. The van der Waals surface area contributed by atoms with Gasteiger partial charge in [-0.25, -0.2) is 9.97 Å². The minimum absolute atomic E-state index is 0.0153. The highest BCUT2D eigenvalue weighted by Gasteiger charge is 2.32. The maximum Gasteiger partial charge on any atom is 0.254 e. The summed E-state index contributed by atoms with van der Waals surface area (Å²) < 4.78 is 0. The number of hydrogen-bond acceptors (Lipinski definition) is 4. The fourth-order valence-electron chi connectivity index (χ4n) is 2.75. The van der Waals surface area contributed by atoms with Gasteiger partial charge in [0.25, 0.3) is 5.91 Å². The van der Waals surface area contributed by atoms with Gasteiger partial charge in [0.15, 0.2) is 0 Å². The van der Waals surface area contributed by atoms with Crippen LogP contribution in [0.3, 0.4) is 0 Å². The van der Waals surface area contributed by atoms with Crippen LogP contribution in [0.2, 0.25) is 0 Å². The first-order chi connectivity index (χ1) is 11.2. The zero-order chi connectivity index (χ0) is 16.2. The average Bonchev–Trinajstić information content (AvgIpc) is 2.95. The molecule has 0 bridgehead atoms. The summed E-state index contributed by atoms with van der Waals surface area (Å²) in [6, 6.07) is 9.27. The van der Waals surface area contributed by atoms with Crippen molar-refractivity contribution in [2.45, 2.75) is 25.8 Å². The van der Waals surface area contributed by atoms with Gasteiger partial charge >= 0.3 is 0 Å². The molecule has 2 aromatic rings. The molecule has 0 unspecified atom stereocenters. The van der Waals surface area contributed by atoms with E-state index in [1.165, 1.54) is 12.5 Å². The Kier molecular flexibility index (Phi) is 4.32. The third kappa shape index (κ3) is 3.21. The zero-order valence-corrected chi connectivity index (χ0v) is 12.9. The molecule has 1 aromatic carbocycles. The van der Waals surface area contributed by atoms with E-state index in [-0.39, 0.29) is 17.9 Å². The molecule has 0 radical (unpaired) electrons. The minimum atomic E-state index is -0.227. The molecule has 1 N–H and O–H groups in total. The number of amides is 2. The van der Waals surface area contributed by atoms with Crippen LogP contribution in [-0.2, 0) is 11.2 Å². The molecule has 3 rings (SSSR count). The summed E-state index contributed by atoms with van der Waals surface area (Å²) in [5, 5.41) is 2.92. The summed E-state index contributed by atoms with van der Waals surface area (Å²) in [5.74, 6) is -0.211. The van der Waals surface area contributed by atoms with Crippen molar-refractivity contribution in [3.63, 3.8) is 0 Å². The minimum Gasteiger partial charge on any atom is -0.347 e. The number of rotatable bonds is 4. The predicted octanol–water partition coefficient (Wildman–Crippen LogP) is 1.57. The second-order valence-corrected chi connectivity index (χ2v) is 5.45. The first-order valence-corrected chi connectivity index (χ1v) is 7.64. The lowest BCUT2D eigenvalue weighted by molar-refractivity contribution is -0.117. The van der Waals surface area contributed by atoms with Gasteiger partial charge < -0.3 is 10.2 Å². The largest absolute Gasteiger partial charge is 0.347 e. The van der Waals surface area contributed by atoms with Crippen molar-refractivity contribution in [2.24, 2.45) is 0 Å². The van der Waals surface area contributed by atoms with Crippen molar-refractivity contribution in [1.82, 2.24) is 15.3 Å². The molecule has 2 amide bonds. The van der Waals surface area contributed by atoms with Gasteiger partial charge in [0.1, 0.15) is 6.33 Å². The van der Waals surface area contributed by atoms with Crippen molar-refractivity contribution < 1.29 is 9.59 Å². The summed E-state index contributed by atoms with van der Waals surface area (Å²) >= 11 is 0. The lowest BCUT2D eigenvalue weighted by atomic mass is 10.1. The predicted molar refractivity (Wildman–Crippen MR) is 86.1 cm³/mol. The van der Waals surface area contributed by atoms with Crippen LogP contribution in [0.25, 0.3) is 0 Å². The fraction of sp³-hybridized carbons (Fsp3) is 0.294. The molecule has 1 aliphatic heterocycles. The van der Waals surface area contributed by atoms with Gasteiger partial charge in [-0.15, -0.1) is 0 Å². The third-order valence-electron chi connectivity index (χ3n) is 3.90. The number of nitrogens with zero attached hydrogens (tertiary/aromatic N) is 3. The van der Waals surface area contributed by atoms with Crippen LogP contribution < -0.4 is 10.2 Å². The quantitative estimate of drug-likeness (QED) is 0.930. The Morgan fingerprint density at radius 3 is 2.87 bits per heavy atom. The standard InChI is InChI=1S/C17H18N4O2/c1-2-15-14(9-18-11-19-15)17(23)20-12-8-16(22)21(10-12)13-6-4-3-5-7-13/h3-7,9,11-12H,2,8,10H2,1H3,(H,20,23)/t12-/m1/s1. The molecule has 0 spiro atoms. The highest BCUT2D eigenvalue weighted by atomic mass is 16.2. The monoisotopic (exact) mass is 310 g/mol. The molecule has 6 heteroatoms. The Morgan fingerprint density at radius 2 is 2.13 bits per heavy atom. The third-order valence-corrected chi connectivity index (χ3v) is 3.90. The normalized spacial score (nSPS) is 17.3. The maximum atomic E-state index is 12.4. The molecule has 118 valence electrons. The summed E-state index contributed by atoms with van der Waals surface area (Å²) in [6.45, 7) is 2.42. The van der Waals surface area contributed by atoms with Crippen LogP contribution in [0.5, 0.6) is 0 Å². The van der Waals surface area contributed by atoms with Gasteiger partial charge in [-0.1, -0.05) is 25.1 Å². The Morgan fingerprint density at radius 1 is 1.35 bits per heavy atom. The SMILES string of the molecule is CCc1ncncc1C(=O)N[C@@H]1CC(=O)N(c2ccccc2)C1. The van der Waals surface area contributed by atoms with Crippen LogP contribution in [0.1, 0.15) is 29.4 Å². The number of anilines is 1. The summed E-state index contributed by atoms with van der Waals surface area (Å²) in [5.41, 5.74) is 2.04. The van der Waals surface area contributed by atoms with E-state index in [1.54, 1.807) is 4.90 Å². The van der Waals surface area contributed by atoms with E-state index in [0.29, 0.717) is 30.6 Å². The number of aromatic nitrogens is 2. The average molecular weight is 310 g/mol. The first kappa shape index (κ1) is 15.1. The fourth-order valence-corrected chi connectivity index (χ4v) is 2.75. The number of benzene rings is 1. The highest BCUT2D eigenvalue weighted by Crippen LogP contribution is 2.21. The molecular weight excluding hydrogens is 292 g/mol. The number of carbonyl (C=O) groups excluding carboxylic acids is 2. The van der Waals surface area contributed by atoms with E-state index < -0.39 is 0 Å². The molecule has 1 saturated heterocycles. The van der Waals surface area contributed by atoms with Gasteiger partial charge in [0.2, 0.25) is 5.91 Å². The Labute approximate surface area is 134 Å². The smallest absolute Gasteiger partial charge is 0.254 e. The number of nitrogens with one attached hydrogen (secondary N) is 1. The lowest BCUT2D eigenvalue weighted by Crippen LogP contribution is -2.37. The van der Waals surface area contributed by atoms with Gasteiger partial charge in [-0.3, -0.25) is 9.59 Å². The molecule has 2 heterocycles. The molecule has 0 saturated carbocycles. The van der Waals surface area contributed by atoms with E-state index in [1.807, 2.05) is 37.3 Å². The van der Waals surface area contributed by atoms with Crippen LogP contribution in [0.15, 0.2) is 42.9 Å². The van der Waals surface area contributed by atoms with Gasteiger partial charge in [-0.05, 0) is 18.6 Å². The van der Waals surface area contributed by atoms with Gasteiger partial charge in [0, 0.05) is 24.8 Å². The van der Waals surface area contributed by atoms with E-state index in [0.717, 1.165) is 5.69 Å². The van der Waals surface area contributed by atoms with Crippen LogP contribution >= 0.6 is 0 Å². The molecule has 1 fully saturated rings. The van der Waals surface area contributed by atoms with E-state index in [9.17, 15) is 9.59 Å². The van der Waals surface area contributed by atoms with E-state index in [4.69, 9.17) is 0 Å². The number of aryl methyl sites for hydroxylation is 1. The molecule has 1 atom stereocenters. The molecular formula is C17H18N4O2.